The average Bonchev–Trinajstić information content (AvgIpc) is 3.42. The molecular formula is C18H20F3N3O3. The number of carbonyl (C=O) groups excluding carboxylic acids is 3. The minimum absolute atomic E-state index is 0.0256. The van der Waals surface area contributed by atoms with Crippen molar-refractivity contribution in [3.63, 3.8) is 0 Å². The molecule has 1 aliphatic carbocycles. The van der Waals surface area contributed by atoms with Gasteiger partial charge >= 0.3 is 6.18 Å². The minimum atomic E-state index is -4.43. The molecule has 3 rings (SSSR count). The second-order valence-electron chi connectivity index (χ2n) is 6.84. The van der Waals surface area contributed by atoms with Gasteiger partial charge in [0, 0.05) is 38.8 Å². The van der Waals surface area contributed by atoms with Gasteiger partial charge in [0.15, 0.2) is 0 Å². The lowest BCUT2D eigenvalue weighted by molar-refractivity contribution is -0.139. The maximum absolute atomic E-state index is 12.6. The molecule has 1 saturated carbocycles. The molecule has 27 heavy (non-hydrogen) atoms. The summed E-state index contributed by atoms with van der Waals surface area (Å²) in [5.74, 6) is -1.36. The van der Waals surface area contributed by atoms with Gasteiger partial charge in [0.05, 0.1) is 17.4 Å². The molecule has 0 radical (unpaired) electrons. The highest BCUT2D eigenvalue weighted by Gasteiger charge is 2.49. The molecule has 2 atom stereocenters. The molecule has 6 nitrogen and oxygen atoms in total. The van der Waals surface area contributed by atoms with E-state index in [0.29, 0.717) is 32.6 Å². The fourth-order valence-corrected chi connectivity index (χ4v) is 3.21. The first-order valence-corrected chi connectivity index (χ1v) is 8.69. The second kappa shape index (κ2) is 7.21. The van der Waals surface area contributed by atoms with Crippen LogP contribution in [0, 0.1) is 11.8 Å². The van der Waals surface area contributed by atoms with E-state index in [2.05, 4.69) is 5.32 Å². The molecule has 1 saturated heterocycles. The molecule has 0 spiro atoms. The highest BCUT2D eigenvalue weighted by atomic mass is 19.4. The molecule has 2 aliphatic rings. The normalized spacial score (nSPS) is 22.4. The topological polar surface area (TPSA) is 69.7 Å². The highest BCUT2D eigenvalue weighted by molar-refractivity contribution is 5.99. The summed E-state index contributed by atoms with van der Waals surface area (Å²) in [5.41, 5.74) is -0.522. The first-order valence-electron chi connectivity index (χ1n) is 8.69. The smallest absolute Gasteiger partial charge is 0.339 e. The van der Waals surface area contributed by atoms with Crippen molar-refractivity contribution < 1.29 is 27.6 Å². The maximum atomic E-state index is 12.6. The van der Waals surface area contributed by atoms with Crippen LogP contribution in [-0.4, -0.2) is 53.7 Å². The van der Waals surface area contributed by atoms with Gasteiger partial charge in [0.25, 0.3) is 0 Å². The Morgan fingerprint density at radius 1 is 0.963 bits per heavy atom. The van der Waals surface area contributed by atoms with E-state index in [1.54, 1.807) is 9.80 Å². The van der Waals surface area contributed by atoms with Gasteiger partial charge in [-0.3, -0.25) is 14.4 Å². The molecule has 0 bridgehead atoms. The summed E-state index contributed by atoms with van der Waals surface area (Å²) in [6.07, 6.45) is -4.00. The fraction of sp³-hybridized carbons (Fsp3) is 0.500. The van der Waals surface area contributed by atoms with Gasteiger partial charge in [-0.1, -0.05) is 0 Å². The molecule has 2 unspecified atom stereocenters. The van der Waals surface area contributed by atoms with Crippen molar-refractivity contribution in [1.29, 1.82) is 0 Å². The van der Waals surface area contributed by atoms with Crippen molar-refractivity contribution in [3.8, 4) is 0 Å². The van der Waals surface area contributed by atoms with Crippen LogP contribution in [0.5, 0.6) is 0 Å². The third-order valence-electron chi connectivity index (χ3n) is 4.96. The second-order valence-corrected chi connectivity index (χ2v) is 6.84. The molecule has 146 valence electrons. The third-order valence-corrected chi connectivity index (χ3v) is 4.96. The van der Waals surface area contributed by atoms with E-state index in [1.165, 1.54) is 19.1 Å². The minimum Gasteiger partial charge on any atom is -0.339 e. The lowest BCUT2D eigenvalue weighted by atomic mass is 10.2. The Hall–Kier alpha value is -2.58. The molecule has 2 fully saturated rings. The van der Waals surface area contributed by atoms with Gasteiger partial charge in [-0.25, -0.2) is 0 Å². The number of rotatable bonds is 3. The average molecular weight is 383 g/mol. The van der Waals surface area contributed by atoms with Crippen molar-refractivity contribution in [3.05, 3.63) is 29.8 Å². The summed E-state index contributed by atoms with van der Waals surface area (Å²) in [7, 11) is 0. The summed E-state index contributed by atoms with van der Waals surface area (Å²) in [5, 5.41) is 2.56. The lowest BCUT2D eigenvalue weighted by Gasteiger charge is -2.34. The van der Waals surface area contributed by atoms with E-state index in [9.17, 15) is 27.6 Å². The third kappa shape index (κ3) is 4.40. The zero-order valence-electron chi connectivity index (χ0n) is 14.8. The number of nitrogens with one attached hydrogen (secondary N) is 1. The van der Waals surface area contributed by atoms with E-state index in [-0.39, 0.29) is 23.4 Å². The number of halogens is 3. The summed E-state index contributed by atoms with van der Waals surface area (Å²) in [4.78, 5) is 39.4. The fourth-order valence-electron chi connectivity index (χ4n) is 3.21. The number of hydrogen-bond acceptors (Lipinski definition) is 3. The van der Waals surface area contributed by atoms with Crippen molar-refractivity contribution in [2.24, 2.45) is 11.8 Å². The summed E-state index contributed by atoms with van der Waals surface area (Å²) < 4.78 is 37.7. The quantitative estimate of drug-likeness (QED) is 0.868. The Balaban J connectivity index is 1.50. The van der Waals surface area contributed by atoms with Crippen LogP contribution in [0.4, 0.5) is 18.9 Å². The monoisotopic (exact) mass is 383 g/mol. The predicted molar refractivity (Wildman–Crippen MR) is 90.5 cm³/mol. The number of hydrogen-bond donors (Lipinski definition) is 1. The Morgan fingerprint density at radius 3 is 2.04 bits per heavy atom. The van der Waals surface area contributed by atoms with Crippen LogP contribution in [0.2, 0.25) is 0 Å². The Kier molecular flexibility index (Phi) is 5.12. The van der Waals surface area contributed by atoms with Gasteiger partial charge in [-0.05, 0) is 30.7 Å². The van der Waals surface area contributed by atoms with Gasteiger partial charge < -0.3 is 15.1 Å². The largest absolute Gasteiger partial charge is 0.416 e. The zero-order valence-corrected chi connectivity index (χ0v) is 14.8. The molecule has 0 aromatic heterocycles. The summed E-state index contributed by atoms with van der Waals surface area (Å²) >= 11 is 0. The molecule has 1 aromatic carbocycles. The number of piperazine rings is 1. The van der Waals surface area contributed by atoms with Crippen LogP contribution < -0.4 is 5.32 Å². The van der Waals surface area contributed by atoms with Gasteiger partial charge in [-0.15, -0.1) is 0 Å². The number of amides is 3. The zero-order chi connectivity index (χ0) is 19.8. The highest BCUT2D eigenvalue weighted by Crippen LogP contribution is 2.41. The number of nitrogens with zero attached hydrogens (tertiary/aromatic N) is 2. The lowest BCUT2D eigenvalue weighted by Crippen LogP contribution is -2.50. The van der Waals surface area contributed by atoms with Crippen molar-refractivity contribution in [2.45, 2.75) is 19.5 Å². The summed E-state index contributed by atoms with van der Waals surface area (Å²) in [6, 6.07) is 4.20. The van der Waals surface area contributed by atoms with E-state index >= 15 is 0 Å². The van der Waals surface area contributed by atoms with Gasteiger partial charge in [0.2, 0.25) is 17.7 Å². The van der Waals surface area contributed by atoms with Crippen molar-refractivity contribution >= 4 is 23.4 Å². The van der Waals surface area contributed by atoms with Gasteiger partial charge in [0.1, 0.15) is 0 Å². The number of alkyl halides is 3. The van der Waals surface area contributed by atoms with Crippen molar-refractivity contribution in [1.82, 2.24) is 9.80 Å². The van der Waals surface area contributed by atoms with E-state index < -0.39 is 23.6 Å². The van der Waals surface area contributed by atoms with Gasteiger partial charge in [-0.2, -0.15) is 13.2 Å². The van der Waals surface area contributed by atoms with E-state index in [4.69, 9.17) is 0 Å². The molecular weight excluding hydrogens is 363 g/mol. The Bertz CT molecular complexity index is 740. The Labute approximate surface area is 154 Å². The van der Waals surface area contributed by atoms with Crippen molar-refractivity contribution in [2.75, 3.05) is 31.5 Å². The van der Waals surface area contributed by atoms with Crippen LogP contribution in [0.3, 0.4) is 0 Å². The molecule has 9 heteroatoms. The number of carbonyl (C=O) groups is 3. The molecule has 3 amide bonds. The van der Waals surface area contributed by atoms with Crippen LogP contribution in [0.25, 0.3) is 0 Å². The first kappa shape index (κ1) is 19.2. The predicted octanol–water partition coefficient (Wildman–Crippen LogP) is 1.97. The Morgan fingerprint density at radius 2 is 1.52 bits per heavy atom. The molecule has 1 aromatic rings. The molecule has 1 N–H and O–H groups in total. The first-order chi connectivity index (χ1) is 12.7. The van der Waals surface area contributed by atoms with Crippen LogP contribution in [0.1, 0.15) is 18.9 Å². The SMILES string of the molecule is CC(=O)N1CCN(C(=O)C2CC2C(=O)Nc2ccc(C(F)(F)F)cc2)CC1. The van der Waals surface area contributed by atoms with Crippen LogP contribution >= 0.6 is 0 Å². The van der Waals surface area contributed by atoms with E-state index in [1.807, 2.05) is 0 Å². The van der Waals surface area contributed by atoms with Crippen LogP contribution in [0.15, 0.2) is 24.3 Å². The number of anilines is 1. The molecule has 1 heterocycles. The van der Waals surface area contributed by atoms with E-state index in [0.717, 1.165) is 12.1 Å². The number of benzene rings is 1. The standard InChI is InChI=1S/C18H20F3N3O3/c1-11(25)23-6-8-24(9-7-23)17(27)15-10-14(15)16(26)22-13-4-2-12(3-5-13)18(19,20)21/h2-5,14-15H,6-10H2,1H3,(H,22,26). The maximum Gasteiger partial charge on any atom is 0.416 e. The summed E-state index contributed by atoms with van der Waals surface area (Å²) in [6.45, 7) is 3.34. The molecule has 1 aliphatic heterocycles. The van der Waals surface area contributed by atoms with Crippen LogP contribution in [-0.2, 0) is 20.6 Å².